The number of amides is 2. The molecule has 7 heteroatoms. The van der Waals surface area contributed by atoms with E-state index < -0.39 is 0 Å². The van der Waals surface area contributed by atoms with Gasteiger partial charge in [-0.15, -0.1) is 11.3 Å². The highest BCUT2D eigenvalue weighted by molar-refractivity contribution is 7.14. The Hall–Kier alpha value is -2.51. The van der Waals surface area contributed by atoms with Crippen molar-refractivity contribution in [1.29, 1.82) is 0 Å². The Morgan fingerprint density at radius 1 is 1.12 bits per heavy atom. The van der Waals surface area contributed by atoms with E-state index >= 15 is 0 Å². The van der Waals surface area contributed by atoms with E-state index in [1.54, 1.807) is 16.8 Å². The van der Waals surface area contributed by atoms with Crippen LogP contribution in [0, 0.1) is 0 Å². The monoisotopic (exact) mass is 385 g/mol. The lowest BCUT2D eigenvalue weighted by Crippen LogP contribution is -2.16. The number of hydrogen-bond donors (Lipinski definition) is 2. The SMILES string of the molecule is CC(C)c1ccccc1NC(=O)Cc1csc(NC(=O)c2ccsc2)n1. The molecule has 1 aromatic carbocycles. The van der Waals surface area contributed by atoms with Crippen LogP contribution in [0.4, 0.5) is 10.8 Å². The number of hydrogen-bond acceptors (Lipinski definition) is 5. The zero-order valence-electron chi connectivity index (χ0n) is 14.5. The average Bonchev–Trinajstić information content (AvgIpc) is 3.27. The fraction of sp³-hybridized carbons (Fsp3) is 0.211. The number of nitrogens with zero attached hydrogens (tertiary/aromatic N) is 1. The number of carbonyl (C=O) groups excluding carboxylic acids is 2. The Morgan fingerprint density at radius 3 is 2.65 bits per heavy atom. The maximum absolute atomic E-state index is 12.3. The maximum Gasteiger partial charge on any atom is 0.258 e. The second-order valence-corrected chi connectivity index (χ2v) is 7.72. The summed E-state index contributed by atoms with van der Waals surface area (Å²) in [6, 6.07) is 9.55. The summed E-state index contributed by atoms with van der Waals surface area (Å²) in [6.07, 6.45) is 0.164. The minimum absolute atomic E-state index is 0.126. The van der Waals surface area contributed by atoms with Gasteiger partial charge < -0.3 is 5.32 Å². The normalized spacial score (nSPS) is 10.7. The van der Waals surface area contributed by atoms with Crippen molar-refractivity contribution in [1.82, 2.24) is 4.98 Å². The fourth-order valence-electron chi connectivity index (χ4n) is 2.48. The third-order valence-corrected chi connectivity index (χ3v) is 5.24. The van der Waals surface area contributed by atoms with Crippen molar-refractivity contribution in [2.45, 2.75) is 26.2 Å². The lowest BCUT2D eigenvalue weighted by molar-refractivity contribution is -0.115. The molecule has 0 unspecified atom stereocenters. The molecule has 0 aliphatic rings. The highest BCUT2D eigenvalue weighted by atomic mass is 32.1. The minimum Gasteiger partial charge on any atom is -0.325 e. The van der Waals surface area contributed by atoms with E-state index in [1.807, 2.05) is 29.6 Å². The number of anilines is 2. The molecule has 0 bridgehead atoms. The minimum atomic E-state index is -0.192. The Morgan fingerprint density at radius 2 is 1.92 bits per heavy atom. The molecule has 0 radical (unpaired) electrons. The number of thiophene rings is 1. The van der Waals surface area contributed by atoms with E-state index in [4.69, 9.17) is 0 Å². The molecule has 2 heterocycles. The molecule has 5 nitrogen and oxygen atoms in total. The zero-order valence-corrected chi connectivity index (χ0v) is 16.1. The van der Waals surface area contributed by atoms with Gasteiger partial charge >= 0.3 is 0 Å². The van der Waals surface area contributed by atoms with Gasteiger partial charge in [-0.2, -0.15) is 11.3 Å². The second-order valence-electron chi connectivity index (χ2n) is 6.08. The largest absolute Gasteiger partial charge is 0.325 e. The molecule has 0 saturated carbocycles. The van der Waals surface area contributed by atoms with Crippen LogP contribution in [0.25, 0.3) is 0 Å². The van der Waals surface area contributed by atoms with Gasteiger partial charge in [0.1, 0.15) is 0 Å². The maximum atomic E-state index is 12.3. The number of aromatic nitrogens is 1. The smallest absolute Gasteiger partial charge is 0.258 e. The molecular weight excluding hydrogens is 366 g/mol. The lowest BCUT2D eigenvalue weighted by Gasteiger charge is -2.13. The Balaban J connectivity index is 1.60. The van der Waals surface area contributed by atoms with E-state index in [0.717, 1.165) is 11.3 Å². The summed E-state index contributed by atoms with van der Waals surface area (Å²) >= 11 is 2.78. The third-order valence-electron chi connectivity index (χ3n) is 3.75. The molecule has 0 saturated heterocycles. The van der Waals surface area contributed by atoms with E-state index in [-0.39, 0.29) is 18.2 Å². The van der Waals surface area contributed by atoms with E-state index in [9.17, 15) is 9.59 Å². The van der Waals surface area contributed by atoms with Crippen molar-refractivity contribution in [2.75, 3.05) is 10.6 Å². The summed E-state index contributed by atoms with van der Waals surface area (Å²) in [5.41, 5.74) is 3.17. The number of benzene rings is 1. The molecule has 134 valence electrons. The van der Waals surface area contributed by atoms with Crippen LogP contribution in [-0.2, 0) is 11.2 Å². The lowest BCUT2D eigenvalue weighted by atomic mass is 10.0. The van der Waals surface area contributed by atoms with Gasteiger partial charge in [0.15, 0.2) is 5.13 Å². The van der Waals surface area contributed by atoms with Crippen LogP contribution in [0.3, 0.4) is 0 Å². The quantitative estimate of drug-likeness (QED) is 0.642. The van der Waals surface area contributed by atoms with Gasteiger partial charge in [0.2, 0.25) is 5.91 Å². The first-order valence-corrected chi connectivity index (χ1v) is 10.0. The molecule has 3 rings (SSSR count). The molecule has 2 aromatic heterocycles. The van der Waals surface area contributed by atoms with E-state index in [2.05, 4.69) is 29.5 Å². The summed E-state index contributed by atoms with van der Waals surface area (Å²) in [5, 5.41) is 11.6. The van der Waals surface area contributed by atoms with Crippen LogP contribution in [0.5, 0.6) is 0 Å². The van der Waals surface area contributed by atoms with Crippen LogP contribution >= 0.6 is 22.7 Å². The predicted molar refractivity (Wildman–Crippen MR) is 107 cm³/mol. The molecule has 2 N–H and O–H groups in total. The molecule has 0 fully saturated rings. The number of carbonyl (C=O) groups is 2. The van der Waals surface area contributed by atoms with Crippen molar-refractivity contribution in [2.24, 2.45) is 0 Å². The van der Waals surface area contributed by atoms with Gasteiger partial charge in [-0.1, -0.05) is 32.0 Å². The Bertz CT molecular complexity index is 901. The highest BCUT2D eigenvalue weighted by Gasteiger charge is 2.13. The molecular formula is C19H19N3O2S2. The third kappa shape index (κ3) is 4.56. The first-order valence-electron chi connectivity index (χ1n) is 8.19. The topological polar surface area (TPSA) is 71.1 Å². The summed E-state index contributed by atoms with van der Waals surface area (Å²) in [7, 11) is 0. The molecule has 0 atom stereocenters. The molecule has 3 aromatic rings. The van der Waals surface area contributed by atoms with Gasteiger partial charge in [0.25, 0.3) is 5.91 Å². The first-order chi connectivity index (χ1) is 12.5. The molecule has 0 aliphatic heterocycles. The van der Waals surface area contributed by atoms with Crippen LogP contribution in [0.15, 0.2) is 46.5 Å². The van der Waals surface area contributed by atoms with Gasteiger partial charge in [-0.25, -0.2) is 4.98 Å². The molecule has 0 spiro atoms. The summed E-state index contributed by atoms with van der Waals surface area (Å²) in [6.45, 7) is 4.18. The molecule has 0 aliphatic carbocycles. The van der Waals surface area contributed by atoms with Crippen molar-refractivity contribution in [3.8, 4) is 0 Å². The van der Waals surface area contributed by atoms with E-state index in [0.29, 0.717) is 22.3 Å². The van der Waals surface area contributed by atoms with Gasteiger partial charge in [-0.3, -0.25) is 14.9 Å². The standard InChI is InChI=1S/C19H19N3O2S2/c1-12(2)15-5-3-4-6-16(15)21-17(23)9-14-11-26-19(20-14)22-18(24)13-7-8-25-10-13/h3-8,10-12H,9H2,1-2H3,(H,21,23)(H,20,22,24). The number of thiazole rings is 1. The first kappa shape index (κ1) is 18.3. The summed E-state index contributed by atoms with van der Waals surface area (Å²) in [5.74, 6) is 0.00580. The predicted octanol–water partition coefficient (Wildman–Crippen LogP) is 4.76. The summed E-state index contributed by atoms with van der Waals surface area (Å²) < 4.78 is 0. The fourth-order valence-corrected chi connectivity index (χ4v) is 3.82. The van der Waals surface area contributed by atoms with Crippen molar-refractivity contribution >= 4 is 45.3 Å². The second kappa shape index (κ2) is 8.25. The molecule has 2 amide bonds. The van der Waals surface area contributed by atoms with Crippen LogP contribution < -0.4 is 10.6 Å². The Kier molecular flexibility index (Phi) is 5.80. The number of nitrogens with one attached hydrogen (secondary N) is 2. The summed E-state index contributed by atoms with van der Waals surface area (Å²) in [4.78, 5) is 28.7. The van der Waals surface area contributed by atoms with Crippen LogP contribution in [0.2, 0.25) is 0 Å². The van der Waals surface area contributed by atoms with Crippen molar-refractivity contribution in [3.63, 3.8) is 0 Å². The van der Waals surface area contributed by atoms with Gasteiger partial charge in [0.05, 0.1) is 17.7 Å². The van der Waals surface area contributed by atoms with Crippen molar-refractivity contribution < 1.29 is 9.59 Å². The van der Waals surface area contributed by atoms with Crippen LogP contribution in [0.1, 0.15) is 41.4 Å². The van der Waals surface area contributed by atoms with E-state index in [1.165, 1.54) is 22.7 Å². The van der Waals surface area contributed by atoms with Crippen LogP contribution in [-0.4, -0.2) is 16.8 Å². The molecule has 26 heavy (non-hydrogen) atoms. The van der Waals surface area contributed by atoms with Crippen molar-refractivity contribution in [3.05, 3.63) is 63.3 Å². The van der Waals surface area contributed by atoms with Gasteiger partial charge in [-0.05, 0) is 29.0 Å². The zero-order chi connectivity index (χ0) is 18.5. The Labute approximate surface area is 160 Å². The average molecular weight is 386 g/mol. The number of rotatable bonds is 6. The highest BCUT2D eigenvalue weighted by Crippen LogP contribution is 2.24. The number of para-hydroxylation sites is 1. The van der Waals surface area contributed by atoms with Gasteiger partial charge in [0, 0.05) is 16.4 Å².